The fourth-order valence-electron chi connectivity index (χ4n) is 4.32. The highest BCUT2D eigenvalue weighted by atomic mass is 35.5. The highest BCUT2D eigenvalue weighted by Crippen LogP contribution is 2.36. The van der Waals surface area contributed by atoms with Crippen molar-refractivity contribution in [1.29, 1.82) is 0 Å². The summed E-state index contributed by atoms with van der Waals surface area (Å²) in [6.45, 7) is 2.33. The molecular weight excluding hydrogens is 413 g/mol. The molecule has 0 spiro atoms. The molecule has 1 N–H and O–H groups in total. The van der Waals surface area contributed by atoms with Gasteiger partial charge in [-0.15, -0.1) is 0 Å². The van der Waals surface area contributed by atoms with Crippen LogP contribution in [0.2, 0.25) is 10.2 Å². The Kier molecular flexibility index (Phi) is 5.46. The summed E-state index contributed by atoms with van der Waals surface area (Å²) in [6, 6.07) is 10.4. The van der Waals surface area contributed by atoms with Crippen molar-refractivity contribution in [2.45, 2.75) is 24.5 Å². The molecule has 2 aliphatic rings. The van der Waals surface area contributed by atoms with Gasteiger partial charge in [0.05, 0.1) is 5.56 Å². The van der Waals surface area contributed by atoms with Gasteiger partial charge in [-0.3, -0.25) is 14.5 Å². The van der Waals surface area contributed by atoms with E-state index in [2.05, 4.69) is 4.90 Å². The number of rotatable bonds is 2. The van der Waals surface area contributed by atoms with E-state index in [1.54, 1.807) is 24.1 Å². The molecule has 29 heavy (non-hydrogen) atoms. The van der Waals surface area contributed by atoms with Gasteiger partial charge in [0.25, 0.3) is 11.5 Å². The summed E-state index contributed by atoms with van der Waals surface area (Å²) in [7, 11) is 1.55. The number of piperidine rings is 1. The highest BCUT2D eigenvalue weighted by Gasteiger charge is 2.42. The van der Waals surface area contributed by atoms with E-state index < -0.39 is 5.60 Å². The van der Waals surface area contributed by atoms with Crippen molar-refractivity contribution in [3.8, 4) is 0 Å². The molecule has 154 valence electrons. The molecule has 2 saturated heterocycles. The van der Waals surface area contributed by atoms with Crippen molar-refractivity contribution in [3.05, 3.63) is 68.1 Å². The minimum absolute atomic E-state index is 0.158. The molecule has 0 aliphatic carbocycles. The summed E-state index contributed by atoms with van der Waals surface area (Å²) < 4.78 is 1.28. The van der Waals surface area contributed by atoms with Crippen molar-refractivity contribution < 1.29 is 9.90 Å². The molecule has 0 saturated carbocycles. The SMILES string of the molecule is Cn1c(Cl)c(C(=O)N2CCN3C[C@@](O)(c4ccc(Cl)cc4)CC[C@@H]3C2)ccc1=O. The molecule has 0 unspecified atom stereocenters. The zero-order valence-electron chi connectivity index (χ0n) is 16.1. The predicted octanol–water partition coefficient (Wildman–Crippen LogP) is 2.50. The Morgan fingerprint density at radius 2 is 1.86 bits per heavy atom. The van der Waals surface area contributed by atoms with Gasteiger partial charge in [-0.25, -0.2) is 0 Å². The first-order valence-corrected chi connectivity index (χ1v) is 10.4. The molecular formula is C21H23Cl2N3O3. The smallest absolute Gasteiger partial charge is 0.257 e. The number of nitrogens with zero attached hydrogens (tertiary/aromatic N) is 3. The van der Waals surface area contributed by atoms with Gasteiger partial charge in [-0.1, -0.05) is 35.3 Å². The van der Waals surface area contributed by atoms with Crippen LogP contribution in [-0.2, 0) is 12.6 Å². The number of halogens is 2. The van der Waals surface area contributed by atoms with E-state index in [9.17, 15) is 14.7 Å². The van der Waals surface area contributed by atoms with Crippen molar-refractivity contribution in [1.82, 2.24) is 14.4 Å². The molecule has 1 amide bonds. The van der Waals surface area contributed by atoms with E-state index in [4.69, 9.17) is 23.2 Å². The van der Waals surface area contributed by atoms with Crippen LogP contribution in [0, 0.1) is 0 Å². The summed E-state index contributed by atoms with van der Waals surface area (Å²) in [4.78, 5) is 28.7. The molecule has 2 aliphatic heterocycles. The number of benzene rings is 1. The van der Waals surface area contributed by atoms with Crippen molar-refractivity contribution in [2.75, 3.05) is 26.2 Å². The van der Waals surface area contributed by atoms with E-state index in [1.165, 1.54) is 16.7 Å². The fourth-order valence-corrected chi connectivity index (χ4v) is 4.67. The van der Waals surface area contributed by atoms with Crippen LogP contribution in [0.4, 0.5) is 0 Å². The molecule has 1 aromatic heterocycles. The van der Waals surface area contributed by atoms with E-state index in [0.29, 0.717) is 43.2 Å². The minimum Gasteiger partial charge on any atom is -0.384 e. The number of carbonyl (C=O) groups excluding carboxylic acids is 1. The third-order valence-corrected chi connectivity index (χ3v) is 6.81. The molecule has 6 nitrogen and oxygen atoms in total. The van der Waals surface area contributed by atoms with Crippen molar-refractivity contribution >= 4 is 29.1 Å². The van der Waals surface area contributed by atoms with Crippen LogP contribution >= 0.6 is 23.2 Å². The normalized spacial score (nSPS) is 25.0. The van der Waals surface area contributed by atoms with Gasteiger partial charge in [-0.2, -0.15) is 0 Å². The predicted molar refractivity (Wildman–Crippen MR) is 113 cm³/mol. The van der Waals surface area contributed by atoms with Crippen molar-refractivity contribution in [2.24, 2.45) is 7.05 Å². The lowest BCUT2D eigenvalue weighted by Gasteiger charge is -2.49. The summed E-state index contributed by atoms with van der Waals surface area (Å²) in [6.07, 6.45) is 1.41. The van der Waals surface area contributed by atoms with Crippen molar-refractivity contribution in [3.63, 3.8) is 0 Å². The second-order valence-corrected chi connectivity index (χ2v) is 8.68. The van der Waals surface area contributed by atoms with Crippen LogP contribution in [-0.4, -0.2) is 57.6 Å². The fraction of sp³-hybridized carbons (Fsp3) is 0.429. The second kappa shape index (κ2) is 7.76. The van der Waals surface area contributed by atoms with Crippen LogP contribution in [0.5, 0.6) is 0 Å². The average Bonchev–Trinajstić information content (AvgIpc) is 2.72. The molecule has 2 aromatic rings. The molecule has 4 rings (SSSR count). The number of pyridine rings is 1. The number of fused-ring (bicyclic) bond motifs is 1. The zero-order valence-corrected chi connectivity index (χ0v) is 17.7. The van der Waals surface area contributed by atoms with Gasteiger partial charge in [-0.05, 0) is 36.6 Å². The Hall–Kier alpha value is -1.86. The standard InChI is InChI=1S/C21H23Cl2N3O3/c1-24-18(27)7-6-17(19(24)23)20(28)25-10-11-26-13-21(29,9-8-16(26)12-25)14-2-4-15(22)5-3-14/h2-7,16,29H,8-13H2,1H3/t16-,21-/m1/s1. The maximum atomic E-state index is 13.0. The number of hydrogen-bond acceptors (Lipinski definition) is 4. The summed E-state index contributed by atoms with van der Waals surface area (Å²) in [5.74, 6) is -0.163. The third-order valence-electron chi connectivity index (χ3n) is 6.10. The highest BCUT2D eigenvalue weighted by molar-refractivity contribution is 6.32. The second-order valence-electron chi connectivity index (χ2n) is 7.89. The quantitative estimate of drug-likeness (QED) is 0.735. The minimum atomic E-state index is -0.908. The lowest BCUT2D eigenvalue weighted by molar-refractivity contribution is -0.0740. The Morgan fingerprint density at radius 3 is 2.59 bits per heavy atom. The Morgan fingerprint density at radius 1 is 1.14 bits per heavy atom. The van der Waals surface area contributed by atoms with Crippen LogP contribution in [0.3, 0.4) is 0 Å². The van der Waals surface area contributed by atoms with E-state index in [-0.39, 0.29) is 22.7 Å². The average molecular weight is 436 g/mol. The largest absolute Gasteiger partial charge is 0.384 e. The lowest BCUT2D eigenvalue weighted by atomic mass is 9.82. The number of aliphatic hydroxyl groups is 1. The van der Waals surface area contributed by atoms with Gasteiger partial charge < -0.3 is 14.6 Å². The molecule has 2 fully saturated rings. The van der Waals surface area contributed by atoms with Crippen LogP contribution < -0.4 is 5.56 Å². The first kappa shape index (κ1) is 20.4. The van der Waals surface area contributed by atoms with E-state index >= 15 is 0 Å². The van der Waals surface area contributed by atoms with Gasteiger partial charge in [0.2, 0.25) is 0 Å². The van der Waals surface area contributed by atoms with Crippen LogP contribution in [0.25, 0.3) is 0 Å². The van der Waals surface area contributed by atoms with Crippen LogP contribution in [0.15, 0.2) is 41.2 Å². The number of hydrogen-bond donors (Lipinski definition) is 1. The van der Waals surface area contributed by atoms with Gasteiger partial charge in [0.15, 0.2) is 0 Å². The van der Waals surface area contributed by atoms with E-state index in [0.717, 1.165) is 12.0 Å². The molecule has 1 aromatic carbocycles. The molecule has 2 atom stereocenters. The summed E-state index contributed by atoms with van der Waals surface area (Å²) in [5.41, 5.74) is 0.0607. The number of aromatic nitrogens is 1. The topological polar surface area (TPSA) is 65.8 Å². The molecule has 0 bridgehead atoms. The van der Waals surface area contributed by atoms with Gasteiger partial charge in [0.1, 0.15) is 10.8 Å². The zero-order chi connectivity index (χ0) is 20.8. The maximum absolute atomic E-state index is 13.0. The number of carbonyl (C=O) groups is 1. The van der Waals surface area contributed by atoms with Crippen LogP contribution in [0.1, 0.15) is 28.8 Å². The monoisotopic (exact) mass is 435 g/mol. The summed E-state index contributed by atoms with van der Waals surface area (Å²) in [5, 5.41) is 12.0. The molecule has 0 radical (unpaired) electrons. The summed E-state index contributed by atoms with van der Waals surface area (Å²) >= 11 is 12.2. The Balaban J connectivity index is 1.47. The number of piperazine rings is 1. The van der Waals surface area contributed by atoms with Gasteiger partial charge in [0, 0.05) is 50.4 Å². The van der Waals surface area contributed by atoms with E-state index in [1.807, 2.05) is 12.1 Å². The van der Waals surface area contributed by atoms with Gasteiger partial charge >= 0.3 is 0 Å². The first-order chi connectivity index (χ1) is 13.8. The molecule has 8 heteroatoms. The Bertz CT molecular complexity index is 992. The Labute approximate surface area is 179 Å². The third kappa shape index (κ3) is 3.82. The maximum Gasteiger partial charge on any atom is 0.257 e. The first-order valence-electron chi connectivity index (χ1n) is 9.66. The lowest BCUT2D eigenvalue weighted by Crippen LogP contribution is -2.60. The number of amides is 1. The molecule has 3 heterocycles.